The number of halogens is 1. The molecule has 3 aromatic rings. The molecule has 0 saturated carbocycles. The van der Waals surface area contributed by atoms with E-state index in [0.717, 1.165) is 23.8 Å². The molecule has 3 rings (SSSR count). The second-order valence-corrected chi connectivity index (χ2v) is 4.84. The average Bonchev–Trinajstić information content (AvgIpc) is 2.66. The molecule has 0 bridgehead atoms. The Kier molecular flexibility index (Phi) is 8.18. The van der Waals surface area contributed by atoms with E-state index < -0.39 is 0 Å². The van der Waals surface area contributed by atoms with Crippen molar-refractivity contribution in [2.45, 2.75) is 6.92 Å². The highest BCUT2D eigenvalue weighted by molar-refractivity contribution is 5.71. The highest BCUT2D eigenvalue weighted by Crippen LogP contribution is 2.28. The Balaban J connectivity index is 0.000000730. The minimum absolute atomic E-state index is 0.315. The molecule has 25 heavy (non-hydrogen) atoms. The van der Waals surface area contributed by atoms with Crippen molar-refractivity contribution in [3.05, 3.63) is 66.2 Å². The summed E-state index contributed by atoms with van der Waals surface area (Å²) in [5.74, 6) is -0.00878. The van der Waals surface area contributed by atoms with Crippen LogP contribution >= 0.6 is 0 Å². The maximum atomic E-state index is 14.4. The molecule has 5 nitrogen and oxygen atoms in total. The van der Waals surface area contributed by atoms with Crippen molar-refractivity contribution in [1.82, 2.24) is 9.97 Å². The molecule has 0 fully saturated rings. The van der Waals surface area contributed by atoms with Gasteiger partial charge >= 0.3 is 0 Å². The molecule has 0 unspecified atom stereocenters. The summed E-state index contributed by atoms with van der Waals surface area (Å²) in [7, 11) is 2.50. The van der Waals surface area contributed by atoms with E-state index in [0.29, 0.717) is 17.1 Å². The van der Waals surface area contributed by atoms with Crippen LogP contribution in [0, 0.1) is 12.7 Å². The van der Waals surface area contributed by atoms with Crippen molar-refractivity contribution >= 4 is 5.82 Å². The summed E-state index contributed by atoms with van der Waals surface area (Å²) < 4.78 is 14.4. The molecular formula is C19H23FN4O. The summed E-state index contributed by atoms with van der Waals surface area (Å²) in [6.45, 7) is 2.01. The second-order valence-electron chi connectivity index (χ2n) is 4.84. The van der Waals surface area contributed by atoms with Crippen LogP contribution in [0.15, 0.2) is 54.9 Å². The highest BCUT2D eigenvalue weighted by Gasteiger charge is 2.09. The topological polar surface area (TPSA) is 98.0 Å². The van der Waals surface area contributed by atoms with Crippen molar-refractivity contribution < 1.29 is 9.50 Å². The number of aromatic nitrogens is 2. The van der Waals surface area contributed by atoms with Crippen molar-refractivity contribution in [3.63, 3.8) is 0 Å². The summed E-state index contributed by atoms with van der Waals surface area (Å²) in [4.78, 5) is 8.04. The van der Waals surface area contributed by atoms with Gasteiger partial charge in [-0.05, 0) is 42.8 Å². The molecule has 0 amide bonds. The Morgan fingerprint density at radius 1 is 0.920 bits per heavy atom. The number of hydrogen-bond donors (Lipinski definition) is 3. The highest BCUT2D eigenvalue weighted by atomic mass is 19.1. The molecular weight excluding hydrogens is 319 g/mol. The van der Waals surface area contributed by atoms with Crippen LogP contribution in [0.1, 0.15) is 5.56 Å². The molecule has 0 saturated heterocycles. The van der Waals surface area contributed by atoms with E-state index in [2.05, 4.69) is 15.7 Å². The van der Waals surface area contributed by atoms with Crippen molar-refractivity contribution in [2.24, 2.45) is 5.73 Å². The normalized spacial score (nSPS) is 9.36. The predicted molar refractivity (Wildman–Crippen MR) is 100 cm³/mol. The fourth-order valence-corrected chi connectivity index (χ4v) is 2.26. The molecule has 1 heterocycles. The molecule has 0 aliphatic carbocycles. The number of nitrogens with zero attached hydrogens (tertiary/aromatic N) is 2. The SMILES string of the molecule is CN.CO.Cc1ccccc1-c1ccc(-c2cnc(N)cn2)c(F)c1. The van der Waals surface area contributed by atoms with Gasteiger partial charge in [0.15, 0.2) is 0 Å². The monoisotopic (exact) mass is 342 g/mol. The van der Waals surface area contributed by atoms with Crippen LogP contribution in [0.3, 0.4) is 0 Å². The van der Waals surface area contributed by atoms with E-state index in [1.54, 1.807) is 6.07 Å². The summed E-state index contributed by atoms with van der Waals surface area (Å²) in [5.41, 5.74) is 13.9. The first-order valence-corrected chi connectivity index (χ1v) is 7.61. The number of nitrogen functional groups attached to an aromatic ring is 1. The maximum absolute atomic E-state index is 14.4. The van der Waals surface area contributed by atoms with Gasteiger partial charge in [0.1, 0.15) is 11.6 Å². The van der Waals surface area contributed by atoms with E-state index in [1.807, 2.05) is 37.3 Å². The average molecular weight is 342 g/mol. The Bertz CT molecular complexity index is 792. The molecule has 0 atom stereocenters. The van der Waals surface area contributed by atoms with Gasteiger partial charge < -0.3 is 16.6 Å². The van der Waals surface area contributed by atoms with Gasteiger partial charge in [-0.3, -0.25) is 4.98 Å². The van der Waals surface area contributed by atoms with E-state index in [1.165, 1.54) is 25.5 Å². The Labute approximate surface area is 147 Å². The molecule has 0 spiro atoms. The van der Waals surface area contributed by atoms with E-state index in [-0.39, 0.29) is 5.82 Å². The van der Waals surface area contributed by atoms with Gasteiger partial charge in [0.05, 0.1) is 18.1 Å². The summed E-state index contributed by atoms with van der Waals surface area (Å²) in [6.07, 6.45) is 2.89. The van der Waals surface area contributed by atoms with Gasteiger partial charge in [-0.2, -0.15) is 0 Å². The first kappa shape index (κ1) is 20.2. The minimum Gasteiger partial charge on any atom is -0.400 e. The van der Waals surface area contributed by atoms with E-state index >= 15 is 0 Å². The number of aryl methyl sites for hydroxylation is 1. The zero-order valence-corrected chi connectivity index (χ0v) is 14.6. The number of rotatable bonds is 2. The summed E-state index contributed by atoms with van der Waals surface area (Å²) in [6, 6.07) is 13.0. The molecule has 1 aromatic heterocycles. The summed E-state index contributed by atoms with van der Waals surface area (Å²) in [5, 5.41) is 7.00. The van der Waals surface area contributed by atoms with Gasteiger partial charge in [-0.15, -0.1) is 0 Å². The Hall–Kier alpha value is -2.83. The van der Waals surface area contributed by atoms with E-state index in [9.17, 15) is 4.39 Å². The third-order valence-corrected chi connectivity index (χ3v) is 3.37. The van der Waals surface area contributed by atoms with Crippen LogP contribution in [-0.4, -0.2) is 29.2 Å². The zero-order valence-electron chi connectivity index (χ0n) is 14.6. The lowest BCUT2D eigenvalue weighted by Crippen LogP contribution is -1.94. The van der Waals surface area contributed by atoms with Crippen LogP contribution < -0.4 is 11.5 Å². The summed E-state index contributed by atoms with van der Waals surface area (Å²) >= 11 is 0. The lowest BCUT2D eigenvalue weighted by atomic mass is 9.98. The Morgan fingerprint density at radius 2 is 1.60 bits per heavy atom. The first-order valence-electron chi connectivity index (χ1n) is 7.61. The third kappa shape index (κ3) is 5.07. The van der Waals surface area contributed by atoms with Crippen LogP contribution in [0.2, 0.25) is 0 Å². The van der Waals surface area contributed by atoms with Crippen molar-refractivity contribution in [1.29, 1.82) is 0 Å². The molecule has 0 aliphatic heterocycles. The number of aliphatic hydroxyl groups is 1. The second kappa shape index (κ2) is 10.1. The molecule has 0 aliphatic rings. The first-order chi connectivity index (χ1) is 12.1. The predicted octanol–water partition coefficient (Wildman–Crippen LogP) is 3.02. The third-order valence-electron chi connectivity index (χ3n) is 3.37. The molecule has 2 aromatic carbocycles. The van der Waals surface area contributed by atoms with Gasteiger partial charge in [0.2, 0.25) is 0 Å². The lowest BCUT2D eigenvalue weighted by Gasteiger charge is -2.08. The number of benzene rings is 2. The van der Waals surface area contributed by atoms with E-state index in [4.69, 9.17) is 10.8 Å². The maximum Gasteiger partial charge on any atom is 0.141 e. The minimum atomic E-state index is -0.324. The van der Waals surface area contributed by atoms with Crippen LogP contribution in [0.4, 0.5) is 10.2 Å². The molecule has 0 radical (unpaired) electrons. The van der Waals surface area contributed by atoms with Gasteiger partial charge in [0.25, 0.3) is 0 Å². The number of aliphatic hydroxyl groups excluding tert-OH is 1. The van der Waals surface area contributed by atoms with Crippen LogP contribution in [0.5, 0.6) is 0 Å². The fourth-order valence-electron chi connectivity index (χ4n) is 2.26. The number of nitrogens with two attached hydrogens (primary N) is 2. The van der Waals surface area contributed by atoms with Gasteiger partial charge in [0, 0.05) is 12.7 Å². The lowest BCUT2D eigenvalue weighted by molar-refractivity contribution is 0.399. The number of hydrogen-bond acceptors (Lipinski definition) is 5. The number of anilines is 1. The largest absolute Gasteiger partial charge is 0.400 e. The van der Waals surface area contributed by atoms with Crippen LogP contribution in [0.25, 0.3) is 22.4 Å². The van der Waals surface area contributed by atoms with Gasteiger partial charge in [-0.25, -0.2) is 9.37 Å². The smallest absolute Gasteiger partial charge is 0.141 e. The molecule has 6 heteroatoms. The Morgan fingerprint density at radius 3 is 2.16 bits per heavy atom. The van der Waals surface area contributed by atoms with Crippen molar-refractivity contribution in [2.75, 3.05) is 19.9 Å². The van der Waals surface area contributed by atoms with Gasteiger partial charge in [-0.1, -0.05) is 30.3 Å². The quantitative estimate of drug-likeness (QED) is 0.665. The standard InChI is InChI=1S/C17H14FN3.CH5N.CH4O/c1-11-4-2-3-5-13(11)12-6-7-14(15(18)8-12)16-9-21-17(19)10-20-16;2*1-2/h2-10H,1H3,(H2,19,21);2H2,1H3;2H,1H3. The molecule has 5 N–H and O–H groups in total. The van der Waals surface area contributed by atoms with Crippen molar-refractivity contribution in [3.8, 4) is 22.4 Å². The molecule has 132 valence electrons. The zero-order chi connectivity index (χ0) is 18.8. The fraction of sp³-hybridized carbons (Fsp3) is 0.158. The van der Waals surface area contributed by atoms with Crippen LogP contribution in [-0.2, 0) is 0 Å².